The van der Waals surface area contributed by atoms with Gasteiger partial charge in [0.15, 0.2) is 12.1 Å². The predicted octanol–water partition coefficient (Wildman–Crippen LogP) is 3.31. The van der Waals surface area contributed by atoms with Gasteiger partial charge in [0.1, 0.15) is 5.69 Å². The van der Waals surface area contributed by atoms with Crippen molar-refractivity contribution in [1.82, 2.24) is 4.98 Å². The van der Waals surface area contributed by atoms with E-state index in [2.05, 4.69) is 4.98 Å². The number of carboxylic acids is 1. The van der Waals surface area contributed by atoms with E-state index in [9.17, 15) is 9.90 Å². The van der Waals surface area contributed by atoms with Crippen molar-refractivity contribution in [3.8, 4) is 0 Å². The van der Waals surface area contributed by atoms with Crippen molar-refractivity contribution in [1.29, 1.82) is 0 Å². The highest BCUT2D eigenvalue weighted by molar-refractivity contribution is 5.85. The Hall–Kier alpha value is -1.54. The Bertz CT molecular complexity index is 671. The zero-order valence-corrected chi connectivity index (χ0v) is 16.2. The summed E-state index contributed by atoms with van der Waals surface area (Å²) < 4.78 is 24.2. The van der Waals surface area contributed by atoms with Crippen LogP contribution < -0.4 is 0 Å². The maximum atomic E-state index is 11.2. The van der Waals surface area contributed by atoms with Crippen molar-refractivity contribution >= 4 is 5.97 Å². The molecule has 1 spiro atoms. The summed E-state index contributed by atoms with van der Waals surface area (Å²) in [4.78, 5) is 15.1. The van der Waals surface area contributed by atoms with Crippen molar-refractivity contribution in [2.45, 2.75) is 75.5 Å². The third kappa shape index (κ3) is 4.54. The summed E-state index contributed by atoms with van der Waals surface area (Å²) >= 11 is 0. The maximum Gasteiger partial charge on any atom is 0.354 e. The minimum absolute atomic E-state index is 0.0819. The molecule has 3 aliphatic rings. The van der Waals surface area contributed by atoms with Crippen molar-refractivity contribution in [2.75, 3.05) is 19.8 Å². The first-order valence-corrected chi connectivity index (χ1v) is 10.3. The second kappa shape index (κ2) is 8.45. The molecule has 3 fully saturated rings. The minimum Gasteiger partial charge on any atom is -0.477 e. The normalized spacial score (nSPS) is 26.4. The lowest BCUT2D eigenvalue weighted by atomic mass is 9.77. The number of aromatic nitrogens is 1. The monoisotopic (exact) mass is 391 g/mol. The molecule has 1 aliphatic carbocycles. The van der Waals surface area contributed by atoms with E-state index in [-0.39, 0.29) is 17.6 Å². The van der Waals surface area contributed by atoms with Crippen LogP contribution in [-0.2, 0) is 25.4 Å². The summed E-state index contributed by atoms with van der Waals surface area (Å²) in [5, 5.41) is 9.18. The highest BCUT2D eigenvalue weighted by atomic mass is 16.7. The molecule has 4 rings (SSSR count). The number of carbonyl (C=O) groups is 1. The molecular weight excluding hydrogens is 362 g/mol. The number of hydrogen-bond acceptors (Lipinski definition) is 6. The lowest BCUT2D eigenvalue weighted by molar-refractivity contribution is -0.264. The van der Waals surface area contributed by atoms with Gasteiger partial charge in [0, 0.05) is 25.6 Å². The van der Waals surface area contributed by atoms with Crippen LogP contribution in [0.3, 0.4) is 0 Å². The van der Waals surface area contributed by atoms with Crippen molar-refractivity contribution in [2.24, 2.45) is 0 Å². The second-order valence-electron chi connectivity index (χ2n) is 8.06. The van der Waals surface area contributed by atoms with E-state index in [0.29, 0.717) is 13.2 Å². The Kier molecular flexibility index (Phi) is 5.96. The number of rotatable bonds is 6. The van der Waals surface area contributed by atoms with Gasteiger partial charge in [0.2, 0.25) is 0 Å². The topological polar surface area (TPSA) is 87.1 Å². The van der Waals surface area contributed by atoms with Gasteiger partial charge in [-0.25, -0.2) is 9.78 Å². The summed E-state index contributed by atoms with van der Waals surface area (Å²) in [6.07, 6.45) is 9.44. The average Bonchev–Trinajstić information content (AvgIpc) is 3.18. The fourth-order valence-electron chi connectivity index (χ4n) is 4.50. The summed E-state index contributed by atoms with van der Waals surface area (Å²) in [5.74, 6) is -1.44. The molecule has 154 valence electrons. The minimum atomic E-state index is -1.00. The molecule has 0 aromatic carbocycles. The number of aryl methyl sites for hydroxylation is 1. The molecule has 1 saturated carbocycles. The number of pyridine rings is 1. The zero-order valence-electron chi connectivity index (χ0n) is 16.2. The molecule has 0 amide bonds. The van der Waals surface area contributed by atoms with Crippen LogP contribution in [0.15, 0.2) is 18.3 Å². The summed E-state index contributed by atoms with van der Waals surface area (Å²) in [7, 11) is 0. The van der Waals surface area contributed by atoms with Gasteiger partial charge in [0.25, 0.3) is 0 Å². The lowest BCUT2D eigenvalue weighted by Gasteiger charge is -2.45. The lowest BCUT2D eigenvalue weighted by Crippen LogP contribution is -2.47. The van der Waals surface area contributed by atoms with E-state index in [1.54, 1.807) is 12.3 Å². The van der Waals surface area contributed by atoms with Crippen LogP contribution in [0.1, 0.15) is 67.4 Å². The van der Waals surface area contributed by atoms with Crippen LogP contribution in [-0.4, -0.2) is 53.6 Å². The molecule has 0 bridgehead atoms. The SMILES string of the molecule is O=C(O)c1cc(CCC2(OC3CCCCO3)CCC3(CC2)OCCO3)ccn1. The van der Waals surface area contributed by atoms with Gasteiger partial charge in [-0.15, -0.1) is 0 Å². The molecule has 7 nitrogen and oxygen atoms in total. The van der Waals surface area contributed by atoms with Crippen LogP contribution in [0.4, 0.5) is 0 Å². The van der Waals surface area contributed by atoms with Gasteiger partial charge in [-0.05, 0) is 62.6 Å². The third-order valence-electron chi connectivity index (χ3n) is 6.17. The Balaban J connectivity index is 1.45. The highest BCUT2D eigenvalue weighted by Crippen LogP contribution is 2.45. The summed E-state index contributed by atoms with van der Waals surface area (Å²) in [6, 6.07) is 3.53. The van der Waals surface area contributed by atoms with E-state index < -0.39 is 11.8 Å². The van der Waals surface area contributed by atoms with Crippen LogP contribution in [0.25, 0.3) is 0 Å². The van der Waals surface area contributed by atoms with E-state index in [1.807, 2.05) is 6.07 Å². The fourth-order valence-corrected chi connectivity index (χ4v) is 4.50. The van der Waals surface area contributed by atoms with E-state index in [4.69, 9.17) is 18.9 Å². The standard InChI is InChI=1S/C21H29NO6/c23-19(24)17-15-16(5-11-22-17)4-6-20(28-18-3-1-2-12-25-18)7-9-21(10-8-20)26-13-14-27-21/h5,11,15,18H,1-4,6-10,12-14H2,(H,23,24). The molecule has 1 aromatic heterocycles. The first-order chi connectivity index (χ1) is 13.6. The van der Waals surface area contributed by atoms with Gasteiger partial charge in [-0.1, -0.05) is 0 Å². The second-order valence-corrected chi connectivity index (χ2v) is 8.06. The van der Waals surface area contributed by atoms with Crippen LogP contribution in [0, 0.1) is 0 Å². The Morgan fingerprint density at radius 3 is 2.64 bits per heavy atom. The van der Waals surface area contributed by atoms with Gasteiger partial charge in [0.05, 0.1) is 18.8 Å². The first kappa shape index (κ1) is 19.8. The van der Waals surface area contributed by atoms with E-state index in [1.165, 1.54) is 0 Å². The fraction of sp³-hybridized carbons (Fsp3) is 0.714. The Labute approximate surface area is 165 Å². The average molecular weight is 391 g/mol. The molecule has 1 aromatic rings. The van der Waals surface area contributed by atoms with Crippen molar-refractivity contribution < 1.29 is 28.8 Å². The number of ether oxygens (including phenoxy) is 4. The van der Waals surface area contributed by atoms with Crippen LogP contribution in [0.2, 0.25) is 0 Å². The zero-order chi connectivity index (χ0) is 19.5. The van der Waals surface area contributed by atoms with Gasteiger partial charge in [-0.3, -0.25) is 0 Å². The van der Waals surface area contributed by atoms with E-state index in [0.717, 1.165) is 70.0 Å². The van der Waals surface area contributed by atoms with E-state index >= 15 is 0 Å². The largest absolute Gasteiger partial charge is 0.477 e. The molecule has 1 atom stereocenters. The number of aromatic carboxylic acids is 1. The highest BCUT2D eigenvalue weighted by Gasteiger charge is 2.47. The summed E-state index contributed by atoms with van der Waals surface area (Å²) in [6.45, 7) is 2.08. The van der Waals surface area contributed by atoms with Gasteiger partial charge >= 0.3 is 5.97 Å². The molecule has 2 saturated heterocycles. The quantitative estimate of drug-likeness (QED) is 0.796. The molecule has 28 heavy (non-hydrogen) atoms. The van der Waals surface area contributed by atoms with Gasteiger partial charge in [-0.2, -0.15) is 0 Å². The van der Waals surface area contributed by atoms with Crippen molar-refractivity contribution in [3.63, 3.8) is 0 Å². The first-order valence-electron chi connectivity index (χ1n) is 10.3. The third-order valence-corrected chi connectivity index (χ3v) is 6.17. The molecular formula is C21H29NO6. The smallest absolute Gasteiger partial charge is 0.354 e. The number of carboxylic acid groups (broad SMARTS) is 1. The predicted molar refractivity (Wildman–Crippen MR) is 100 cm³/mol. The van der Waals surface area contributed by atoms with Gasteiger partial charge < -0.3 is 24.1 Å². The number of nitrogens with zero attached hydrogens (tertiary/aromatic N) is 1. The maximum absolute atomic E-state index is 11.2. The van der Waals surface area contributed by atoms with Crippen molar-refractivity contribution in [3.05, 3.63) is 29.6 Å². The summed E-state index contributed by atoms with van der Waals surface area (Å²) in [5.41, 5.74) is 0.752. The molecule has 2 aliphatic heterocycles. The molecule has 0 radical (unpaired) electrons. The Morgan fingerprint density at radius 1 is 1.18 bits per heavy atom. The molecule has 3 heterocycles. The molecule has 1 unspecified atom stereocenters. The molecule has 7 heteroatoms. The number of hydrogen-bond donors (Lipinski definition) is 1. The van der Waals surface area contributed by atoms with Crippen LogP contribution in [0.5, 0.6) is 0 Å². The molecule has 1 N–H and O–H groups in total. The van der Waals surface area contributed by atoms with Crippen LogP contribution >= 0.6 is 0 Å². The Morgan fingerprint density at radius 2 is 1.96 bits per heavy atom.